The van der Waals surface area contributed by atoms with Crippen molar-refractivity contribution in [2.75, 3.05) is 0 Å². The van der Waals surface area contributed by atoms with Crippen molar-refractivity contribution in [3.63, 3.8) is 0 Å². The first-order chi connectivity index (χ1) is 7.18. The van der Waals surface area contributed by atoms with E-state index < -0.39 is 6.10 Å². The van der Waals surface area contributed by atoms with E-state index in [1.807, 2.05) is 24.3 Å². The fourth-order valence-corrected chi connectivity index (χ4v) is 1.59. The van der Waals surface area contributed by atoms with E-state index in [1.54, 1.807) is 19.3 Å². The van der Waals surface area contributed by atoms with E-state index in [-0.39, 0.29) is 6.04 Å². The fraction of sp³-hybridized carbons (Fsp3) is 0.250. The molecule has 0 saturated carbocycles. The number of aliphatic hydroxyl groups excluding tert-OH is 1. The number of aliphatic hydroxyl groups is 1. The Labute approximate surface area is 88.6 Å². The van der Waals surface area contributed by atoms with Gasteiger partial charge in [-0.25, -0.2) is 0 Å². The molecular formula is C12H14N2O. The van der Waals surface area contributed by atoms with Crippen LogP contribution >= 0.6 is 0 Å². The van der Waals surface area contributed by atoms with E-state index in [0.717, 1.165) is 16.3 Å². The lowest BCUT2D eigenvalue weighted by molar-refractivity contribution is 0.153. The third-order valence-electron chi connectivity index (χ3n) is 2.50. The summed E-state index contributed by atoms with van der Waals surface area (Å²) < 4.78 is 0. The maximum absolute atomic E-state index is 9.82. The summed E-state index contributed by atoms with van der Waals surface area (Å²) >= 11 is 0. The molecule has 78 valence electrons. The van der Waals surface area contributed by atoms with E-state index in [1.165, 1.54) is 0 Å². The Morgan fingerprint density at radius 3 is 2.80 bits per heavy atom. The van der Waals surface area contributed by atoms with E-state index >= 15 is 0 Å². The molecule has 2 rings (SSSR count). The summed E-state index contributed by atoms with van der Waals surface area (Å²) in [6.45, 7) is 1.79. The van der Waals surface area contributed by atoms with Crippen molar-refractivity contribution in [3.8, 4) is 0 Å². The maximum atomic E-state index is 9.82. The molecule has 0 amide bonds. The molecule has 1 aromatic heterocycles. The minimum Gasteiger partial charge on any atom is -0.387 e. The number of nitrogens with zero attached hydrogens (tertiary/aromatic N) is 1. The summed E-state index contributed by atoms with van der Waals surface area (Å²) in [5, 5.41) is 12.0. The number of rotatable bonds is 2. The average molecular weight is 202 g/mol. The molecule has 0 spiro atoms. The van der Waals surface area contributed by atoms with Crippen LogP contribution in [0.4, 0.5) is 0 Å². The Kier molecular flexibility index (Phi) is 2.66. The lowest BCUT2D eigenvalue weighted by Gasteiger charge is -2.15. The van der Waals surface area contributed by atoms with Gasteiger partial charge in [-0.15, -0.1) is 0 Å². The van der Waals surface area contributed by atoms with Crippen molar-refractivity contribution >= 4 is 10.8 Å². The molecule has 1 aromatic carbocycles. The monoisotopic (exact) mass is 202 g/mol. The molecule has 2 atom stereocenters. The van der Waals surface area contributed by atoms with Crippen LogP contribution in [0, 0.1) is 0 Å². The molecule has 0 saturated heterocycles. The number of benzene rings is 1. The van der Waals surface area contributed by atoms with Gasteiger partial charge in [-0.05, 0) is 30.0 Å². The first-order valence-electron chi connectivity index (χ1n) is 4.96. The summed E-state index contributed by atoms with van der Waals surface area (Å²) in [5.41, 5.74) is 6.50. The maximum Gasteiger partial charge on any atom is 0.0938 e. The van der Waals surface area contributed by atoms with Crippen LogP contribution < -0.4 is 5.73 Å². The van der Waals surface area contributed by atoms with Crippen LogP contribution in [-0.2, 0) is 0 Å². The highest BCUT2D eigenvalue weighted by Gasteiger charge is 2.12. The quantitative estimate of drug-likeness (QED) is 0.778. The van der Waals surface area contributed by atoms with Crippen LogP contribution in [0.5, 0.6) is 0 Å². The second-order valence-corrected chi connectivity index (χ2v) is 3.79. The molecular weight excluding hydrogens is 188 g/mol. The summed E-state index contributed by atoms with van der Waals surface area (Å²) in [7, 11) is 0. The van der Waals surface area contributed by atoms with Gasteiger partial charge < -0.3 is 10.8 Å². The first-order valence-corrected chi connectivity index (χ1v) is 4.96. The number of pyridine rings is 1. The molecule has 0 aliphatic rings. The van der Waals surface area contributed by atoms with Crippen molar-refractivity contribution in [3.05, 3.63) is 42.2 Å². The SMILES string of the molecule is CC(N)C(O)c1ccc2cnccc2c1. The van der Waals surface area contributed by atoms with E-state index in [4.69, 9.17) is 5.73 Å². The number of hydrogen-bond acceptors (Lipinski definition) is 3. The van der Waals surface area contributed by atoms with Gasteiger partial charge in [0, 0.05) is 23.8 Å². The fourth-order valence-electron chi connectivity index (χ4n) is 1.59. The highest BCUT2D eigenvalue weighted by Crippen LogP contribution is 2.20. The summed E-state index contributed by atoms with van der Waals surface area (Å²) in [5.74, 6) is 0. The molecule has 0 aliphatic heterocycles. The Morgan fingerprint density at radius 1 is 1.27 bits per heavy atom. The molecule has 3 N–H and O–H groups in total. The number of nitrogens with two attached hydrogens (primary N) is 1. The van der Waals surface area contributed by atoms with Crippen LogP contribution in [0.1, 0.15) is 18.6 Å². The van der Waals surface area contributed by atoms with Crippen LogP contribution in [0.3, 0.4) is 0 Å². The molecule has 3 nitrogen and oxygen atoms in total. The van der Waals surface area contributed by atoms with E-state index in [9.17, 15) is 5.11 Å². The molecule has 2 unspecified atom stereocenters. The van der Waals surface area contributed by atoms with Gasteiger partial charge in [0.1, 0.15) is 0 Å². The summed E-state index contributed by atoms with van der Waals surface area (Å²) in [4.78, 5) is 4.04. The van der Waals surface area contributed by atoms with Crippen molar-refractivity contribution in [1.82, 2.24) is 4.98 Å². The normalized spacial score (nSPS) is 15.1. The van der Waals surface area contributed by atoms with Gasteiger partial charge in [-0.1, -0.05) is 12.1 Å². The van der Waals surface area contributed by atoms with Crippen LogP contribution in [0.15, 0.2) is 36.7 Å². The molecule has 0 fully saturated rings. The van der Waals surface area contributed by atoms with Gasteiger partial charge in [0.05, 0.1) is 6.10 Å². The second-order valence-electron chi connectivity index (χ2n) is 3.79. The van der Waals surface area contributed by atoms with E-state index in [2.05, 4.69) is 4.98 Å². The predicted octanol–water partition coefficient (Wildman–Crippen LogP) is 1.62. The third kappa shape index (κ3) is 1.98. The standard InChI is InChI=1S/C12H14N2O/c1-8(13)12(15)10-2-3-11-7-14-5-4-9(11)6-10/h2-8,12,15H,13H2,1H3. The van der Waals surface area contributed by atoms with Gasteiger partial charge in [-0.3, -0.25) is 4.98 Å². The molecule has 15 heavy (non-hydrogen) atoms. The average Bonchev–Trinajstić information content (AvgIpc) is 2.27. The second kappa shape index (κ2) is 3.96. The highest BCUT2D eigenvalue weighted by molar-refractivity contribution is 5.82. The highest BCUT2D eigenvalue weighted by atomic mass is 16.3. The number of fused-ring (bicyclic) bond motifs is 1. The first kappa shape index (κ1) is 10.1. The van der Waals surface area contributed by atoms with Crippen LogP contribution in [0.25, 0.3) is 10.8 Å². The Bertz CT molecular complexity index is 468. The zero-order valence-electron chi connectivity index (χ0n) is 8.59. The molecule has 0 aliphatic carbocycles. The molecule has 0 bridgehead atoms. The lowest BCUT2D eigenvalue weighted by atomic mass is 10.0. The molecule has 1 heterocycles. The topological polar surface area (TPSA) is 59.1 Å². The van der Waals surface area contributed by atoms with Gasteiger partial charge in [0.15, 0.2) is 0 Å². The Morgan fingerprint density at radius 2 is 2.07 bits per heavy atom. The van der Waals surface area contributed by atoms with Crippen LogP contribution in [0.2, 0.25) is 0 Å². The lowest BCUT2D eigenvalue weighted by Crippen LogP contribution is -2.24. The van der Waals surface area contributed by atoms with Gasteiger partial charge in [0.2, 0.25) is 0 Å². The number of hydrogen-bond donors (Lipinski definition) is 2. The van der Waals surface area contributed by atoms with E-state index in [0.29, 0.717) is 0 Å². The third-order valence-corrected chi connectivity index (χ3v) is 2.50. The van der Waals surface area contributed by atoms with Gasteiger partial charge in [0.25, 0.3) is 0 Å². The minimum atomic E-state index is -0.609. The van der Waals surface area contributed by atoms with Crippen molar-refractivity contribution in [2.45, 2.75) is 19.1 Å². The minimum absolute atomic E-state index is 0.260. The molecule has 3 heteroatoms. The zero-order chi connectivity index (χ0) is 10.8. The molecule has 0 radical (unpaired) electrons. The summed E-state index contributed by atoms with van der Waals surface area (Å²) in [6.07, 6.45) is 2.93. The Hall–Kier alpha value is -1.45. The van der Waals surface area contributed by atoms with Crippen LogP contribution in [-0.4, -0.2) is 16.1 Å². The Balaban J connectivity index is 2.47. The smallest absolute Gasteiger partial charge is 0.0938 e. The summed E-state index contributed by atoms with van der Waals surface area (Å²) in [6, 6.07) is 7.45. The van der Waals surface area contributed by atoms with Crippen molar-refractivity contribution in [1.29, 1.82) is 0 Å². The zero-order valence-corrected chi connectivity index (χ0v) is 8.59. The van der Waals surface area contributed by atoms with Crippen molar-refractivity contribution < 1.29 is 5.11 Å². The van der Waals surface area contributed by atoms with Gasteiger partial charge in [-0.2, -0.15) is 0 Å². The molecule has 2 aromatic rings. The number of aromatic nitrogens is 1. The van der Waals surface area contributed by atoms with Crippen molar-refractivity contribution in [2.24, 2.45) is 5.73 Å². The van der Waals surface area contributed by atoms with Gasteiger partial charge >= 0.3 is 0 Å². The predicted molar refractivity (Wildman–Crippen MR) is 60.4 cm³/mol. The largest absolute Gasteiger partial charge is 0.387 e.